The molecule has 0 spiro atoms. The Morgan fingerprint density at radius 1 is 1.44 bits per heavy atom. The Labute approximate surface area is 107 Å². The average molecular weight is 271 g/mol. The predicted molar refractivity (Wildman–Crippen MR) is 70.7 cm³/mol. The molecule has 2 rings (SSSR count). The molecule has 7 heteroatoms. The second-order valence-electron chi connectivity index (χ2n) is 4.59. The number of nitrogens with one attached hydrogen (secondary N) is 1. The smallest absolute Gasteiger partial charge is 0.230 e. The molecule has 1 aliphatic rings. The molecule has 1 N–H and O–H groups in total. The first kappa shape index (κ1) is 12.9. The van der Waals surface area contributed by atoms with Crippen LogP contribution in [0.4, 0.5) is 11.5 Å². The number of hydrogen-bond donors (Lipinski definition) is 1. The van der Waals surface area contributed by atoms with E-state index in [1.807, 2.05) is 0 Å². The molecule has 1 saturated carbocycles. The average Bonchev–Trinajstić information content (AvgIpc) is 3.02. The molecule has 0 radical (unpaired) electrons. The Kier molecular flexibility index (Phi) is 3.34. The number of ether oxygens (including phenoxy) is 1. The fourth-order valence-electron chi connectivity index (χ4n) is 1.52. The van der Waals surface area contributed by atoms with Gasteiger partial charge in [-0.15, -0.1) is 0 Å². The third-order valence-electron chi connectivity index (χ3n) is 2.42. The Hall–Kier alpha value is -1.50. The van der Waals surface area contributed by atoms with E-state index >= 15 is 0 Å². The van der Waals surface area contributed by atoms with E-state index in [4.69, 9.17) is 4.74 Å². The van der Waals surface area contributed by atoms with Gasteiger partial charge in [-0.3, -0.25) is 4.72 Å². The van der Waals surface area contributed by atoms with Gasteiger partial charge in [0.2, 0.25) is 10.0 Å². The van der Waals surface area contributed by atoms with Crippen molar-refractivity contribution in [1.82, 2.24) is 4.98 Å². The maximum Gasteiger partial charge on any atom is 0.230 e. The highest BCUT2D eigenvalue weighted by molar-refractivity contribution is 7.92. The van der Waals surface area contributed by atoms with Gasteiger partial charge >= 0.3 is 0 Å². The lowest BCUT2D eigenvalue weighted by atomic mass is 10.3. The Balaban J connectivity index is 2.40. The summed E-state index contributed by atoms with van der Waals surface area (Å²) in [5.74, 6) is 1.07. The van der Waals surface area contributed by atoms with Crippen molar-refractivity contribution in [3.63, 3.8) is 0 Å². The van der Waals surface area contributed by atoms with Gasteiger partial charge in [0, 0.05) is 26.4 Å². The van der Waals surface area contributed by atoms with E-state index < -0.39 is 10.0 Å². The van der Waals surface area contributed by atoms with Crippen LogP contribution in [-0.4, -0.2) is 39.9 Å². The number of pyridine rings is 1. The summed E-state index contributed by atoms with van der Waals surface area (Å²) < 4.78 is 31.0. The van der Waals surface area contributed by atoms with Crippen LogP contribution >= 0.6 is 0 Å². The molecule has 1 aromatic heterocycles. The fraction of sp³-hybridized carbons (Fsp3) is 0.545. The second-order valence-corrected chi connectivity index (χ2v) is 6.34. The van der Waals surface area contributed by atoms with Crippen molar-refractivity contribution < 1.29 is 13.2 Å². The zero-order chi connectivity index (χ0) is 13.3. The van der Waals surface area contributed by atoms with Crippen LogP contribution in [0, 0.1) is 0 Å². The van der Waals surface area contributed by atoms with Gasteiger partial charge in [-0.25, -0.2) is 13.4 Å². The lowest BCUT2D eigenvalue weighted by Gasteiger charge is -2.19. The first-order chi connectivity index (χ1) is 8.37. The van der Waals surface area contributed by atoms with Crippen LogP contribution in [0.3, 0.4) is 0 Å². The molecule has 100 valence electrons. The van der Waals surface area contributed by atoms with Gasteiger partial charge in [0.15, 0.2) is 5.82 Å². The molecule has 1 heterocycles. The number of rotatable bonds is 5. The number of aromatic nitrogens is 1. The van der Waals surface area contributed by atoms with Crippen LogP contribution in [0.1, 0.15) is 12.8 Å². The van der Waals surface area contributed by atoms with Crippen LogP contribution in [0.25, 0.3) is 0 Å². The minimum atomic E-state index is -3.37. The molecular formula is C11H17N3O3S. The largest absolute Gasteiger partial charge is 0.488 e. The van der Waals surface area contributed by atoms with Crippen molar-refractivity contribution in [3.8, 4) is 5.75 Å². The van der Waals surface area contributed by atoms with Crippen LogP contribution in [0.2, 0.25) is 0 Å². The number of hydrogen-bond acceptors (Lipinski definition) is 5. The second kappa shape index (κ2) is 4.64. The van der Waals surface area contributed by atoms with E-state index in [1.165, 1.54) is 0 Å². The summed E-state index contributed by atoms with van der Waals surface area (Å²) in [7, 11) is 0.237. The van der Waals surface area contributed by atoms with Gasteiger partial charge < -0.3 is 9.64 Å². The fourth-order valence-corrected chi connectivity index (χ4v) is 2.08. The molecule has 18 heavy (non-hydrogen) atoms. The van der Waals surface area contributed by atoms with E-state index in [-0.39, 0.29) is 6.10 Å². The van der Waals surface area contributed by atoms with Gasteiger partial charge in [-0.2, -0.15) is 0 Å². The van der Waals surface area contributed by atoms with Gasteiger partial charge in [-0.1, -0.05) is 0 Å². The minimum Gasteiger partial charge on any atom is -0.488 e. The number of sulfonamides is 1. The minimum absolute atomic E-state index is 0.197. The van der Waals surface area contributed by atoms with Gasteiger partial charge in [0.1, 0.15) is 11.4 Å². The monoisotopic (exact) mass is 271 g/mol. The molecule has 0 unspecified atom stereocenters. The van der Waals surface area contributed by atoms with Gasteiger partial charge in [-0.05, 0) is 12.8 Å². The third-order valence-corrected chi connectivity index (χ3v) is 3.00. The zero-order valence-electron chi connectivity index (χ0n) is 10.7. The van der Waals surface area contributed by atoms with Crippen molar-refractivity contribution >= 4 is 21.5 Å². The van der Waals surface area contributed by atoms with Crippen LogP contribution < -0.4 is 14.4 Å². The van der Waals surface area contributed by atoms with Crippen molar-refractivity contribution in [1.29, 1.82) is 0 Å². The maximum atomic E-state index is 11.4. The first-order valence-corrected chi connectivity index (χ1v) is 7.57. The van der Waals surface area contributed by atoms with Gasteiger partial charge in [0.25, 0.3) is 0 Å². The Morgan fingerprint density at radius 2 is 2.11 bits per heavy atom. The topological polar surface area (TPSA) is 71.5 Å². The highest BCUT2D eigenvalue weighted by Crippen LogP contribution is 2.36. The lowest BCUT2D eigenvalue weighted by molar-refractivity contribution is 0.304. The molecule has 0 aromatic carbocycles. The van der Waals surface area contributed by atoms with Crippen LogP contribution in [0.5, 0.6) is 5.75 Å². The highest BCUT2D eigenvalue weighted by Gasteiger charge is 2.26. The van der Waals surface area contributed by atoms with Crippen LogP contribution in [-0.2, 0) is 10.0 Å². The molecule has 6 nitrogen and oxygen atoms in total. The quantitative estimate of drug-likeness (QED) is 0.867. The summed E-state index contributed by atoms with van der Waals surface area (Å²) in [5, 5.41) is 0. The summed E-state index contributed by atoms with van der Waals surface area (Å²) in [4.78, 5) is 5.91. The SMILES string of the molecule is CN(C)c1nccc(OC2CC2)c1NS(C)(=O)=O. The molecule has 1 aliphatic carbocycles. The summed E-state index contributed by atoms with van der Waals surface area (Å²) in [6.45, 7) is 0. The predicted octanol–water partition coefficient (Wildman–Crippen LogP) is 1.06. The normalized spacial score (nSPS) is 15.3. The van der Waals surface area contributed by atoms with E-state index in [0.29, 0.717) is 17.3 Å². The molecule has 0 bridgehead atoms. The van der Waals surface area contributed by atoms with Crippen molar-refractivity contribution in [2.75, 3.05) is 30.0 Å². The Bertz CT molecular complexity index is 538. The lowest BCUT2D eigenvalue weighted by Crippen LogP contribution is -2.18. The zero-order valence-corrected chi connectivity index (χ0v) is 11.5. The molecule has 1 aromatic rings. The molecule has 0 aliphatic heterocycles. The summed E-state index contributed by atoms with van der Waals surface area (Å²) in [5.41, 5.74) is 0.400. The van der Waals surface area contributed by atoms with Crippen molar-refractivity contribution in [2.24, 2.45) is 0 Å². The Morgan fingerprint density at radius 3 is 2.61 bits per heavy atom. The summed E-state index contributed by atoms with van der Waals surface area (Å²) >= 11 is 0. The first-order valence-electron chi connectivity index (χ1n) is 5.67. The van der Waals surface area contributed by atoms with Crippen molar-refractivity contribution in [2.45, 2.75) is 18.9 Å². The number of anilines is 2. The number of nitrogens with zero attached hydrogens (tertiary/aromatic N) is 2. The third kappa shape index (κ3) is 3.25. The summed E-state index contributed by atoms with van der Waals surface area (Å²) in [6.07, 6.45) is 4.94. The maximum absolute atomic E-state index is 11.4. The highest BCUT2D eigenvalue weighted by atomic mass is 32.2. The van der Waals surface area contributed by atoms with E-state index in [9.17, 15) is 8.42 Å². The van der Waals surface area contributed by atoms with Gasteiger partial charge in [0.05, 0.1) is 12.4 Å². The van der Waals surface area contributed by atoms with E-state index in [1.54, 1.807) is 31.3 Å². The van der Waals surface area contributed by atoms with E-state index in [2.05, 4.69) is 9.71 Å². The molecule has 1 fully saturated rings. The van der Waals surface area contributed by atoms with E-state index in [0.717, 1.165) is 19.1 Å². The molecule has 0 atom stereocenters. The molecular weight excluding hydrogens is 254 g/mol. The van der Waals surface area contributed by atoms with Crippen LogP contribution in [0.15, 0.2) is 12.3 Å². The molecule has 0 amide bonds. The molecule has 0 saturated heterocycles. The standard InChI is InChI=1S/C11H17N3O3S/c1-14(2)11-10(13-18(3,15)16)9(6-7-12-11)17-8-4-5-8/h6-8,13H,4-5H2,1-3H3. The van der Waals surface area contributed by atoms with Crippen molar-refractivity contribution in [3.05, 3.63) is 12.3 Å². The summed E-state index contributed by atoms with van der Waals surface area (Å²) in [6, 6.07) is 1.68.